The molecule has 0 heterocycles. The van der Waals surface area contributed by atoms with Gasteiger partial charge in [-0.15, -0.1) is 12.6 Å². The Balaban J connectivity index is 4.81. The first-order valence-electron chi connectivity index (χ1n) is 4.20. The Bertz CT molecular complexity index is 255. The van der Waals surface area contributed by atoms with Crippen LogP contribution in [0.3, 0.4) is 0 Å². The zero-order valence-electron chi connectivity index (χ0n) is 8.37. The number of carbonyl (C=O) groups is 1. The van der Waals surface area contributed by atoms with Gasteiger partial charge in [-0.3, -0.25) is 4.79 Å². The first-order valence-corrected chi connectivity index (χ1v) is 4.65. The maximum Gasteiger partial charge on any atom is 0.149 e. The van der Waals surface area contributed by atoms with E-state index in [1.807, 2.05) is 13.0 Å². The highest BCUT2D eigenvalue weighted by atomic mass is 32.1. The second-order valence-electron chi connectivity index (χ2n) is 3.28. The van der Waals surface area contributed by atoms with Crippen LogP contribution in [0, 0.1) is 5.92 Å². The SMILES string of the molecule is C=C(C=O)/C=C(\C=C(/C)S)C(C)C. The molecule has 0 fully saturated rings. The molecule has 1 nitrogen and oxygen atoms in total. The lowest BCUT2D eigenvalue weighted by molar-refractivity contribution is -0.104. The van der Waals surface area contributed by atoms with Crippen molar-refractivity contribution in [3.63, 3.8) is 0 Å². The standard InChI is InChI=1S/C11H16OS/c1-8(2)11(6-10(4)13)5-9(3)7-12/h5-8,13H,3H2,1-2,4H3/b10-6+,11-5+. The molecule has 0 saturated carbocycles. The molecule has 13 heavy (non-hydrogen) atoms. The van der Waals surface area contributed by atoms with Crippen LogP contribution in [0.25, 0.3) is 0 Å². The summed E-state index contributed by atoms with van der Waals surface area (Å²) in [4.78, 5) is 11.3. The number of hydrogen-bond donors (Lipinski definition) is 1. The molecule has 0 rings (SSSR count). The first-order chi connectivity index (χ1) is 5.97. The van der Waals surface area contributed by atoms with Gasteiger partial charge in [0.25, 0.3) is 0 Å². The molecule has 0 saturated heterocycles. The van der Waals surface area contributed by atoms with Gasteiger partial charge in [0.15, 0.2) is 0 Å². The summed E-state index contributed by atoms with van der Waals surface area (Å²) >= 11 is 4.19. The summed E-state index contributed by atoms with van der Waals surface area (Å²) in [5, 5.41) is 0. The average Bonchev–Trinajstić information content (AvgIpc) is 2.02. The number of hydrogen-bond acceptors (Lipinski definition) is 2. The lowest BCUT2D eigenvalue weighted by Crippen LogP contribution is -1.92. The summed E-state index contributed by atoms with van der Waals surface area (Å²) in [7, 11) is 0. The van der Waals surface area contributed by atoms with Crippen molar-refractivity contribution in [3.8, 4) is 0 Å². The van der Waals surface area contributed by atoms with E-state index in [1.54, 1.807) is 6.08 Å². The number of thiol groups is 1. The molecule has 0 atom stereocenters. The predicted octanol–water partition coefficient (Wildman–Crippen LogP) is 3.16. The van der Waals surface area contributed by atoms with E-state index in [9.17, 15) is 4.79 Å². The van der Waals surface area contributed by atoms with Gasteiger partial charge >= 0.3 is 0 Å². The minimum atomic E-state index is 0.374. The van der Waals surface area contributed by atoms with Crippen LogP contribution < -0.4 is 0 Å². The van der Waals surface area contributed by atoms with Crippen LogP contribution in [0.2, 0.25) is 0 Å². The van der Waals surface area contributed by atoms with Crippen molar-refractivity contribution in [3.05, 3.63) is 34.8 Å². The van der Waals surface area contributed by atoms with Crippen LogP contribution >= 0.6 is 12.6 Å². The highest BCUT2D eigenvalue weighted by Crippen LogP contribution is 2.16. The lowest BCUT2D eigenvalue weighted by atomic mass is 10.0. The molecule has 0 aromatic heterocycles. The smallest absolute Gasteiger partial charge is 0.149 e. The van der Waals surface area contributed by atoms with Gasteiger partial charge in [-0.2, -0.15) is 0 Å². The molecule has 72 valence electrons. The van der Waals surface area contributed by atoms with Crippen molar-refractivity contribution >= 4 is 18.9 Å². The Labute approximate surface area is 85.6 Å². The third-order valence-corrected chi connectivity index (χ3v) is 1.67. The maximum absolute atomic E-state index is 10.4. The van der Waals surface area contributed by atoms with Crippen LogP contribution in [-0.2, 0) is 4.79 Å². The van der Waals surface area contributed by atoms with Crippen molar-refractivity contribution in [2.24, 2.45) is 5.92 Å². The molecule has 0 aliphatic carbocycles. The minimum absolute atomic E-state index is 0.374. The number of rotatable bonds is 4. The molecule has 0 aromatic rings. The van der Waals surface area contributed by atoms with Gasteiger partial charge in [0, 0.05) is 5.57 Å². The molecule has 0 bridgehead atoms. The van der Waals surface area contributed by atoms with Crippen molar-refractivity contribution in [1.82, 2.24) is 0 Å². The highest BCUT2D eigenvalue weighted by Gasteiger charge is 2.00. The Morgan fingerprint density at radius 1 is 1.38 bits per heavy atom. The van der Waals surface area contributed by atoms with Gasteiger partial charge in [-0.25, -0.2) is 0 Å². The zero-order valence-corrected chi connectivity index (χ0v) is 9.27. The van der Waals surface area contributed by atoms with Gasteiger partial charge in [-0.05, 0) is 35.5 Å². The van der Waals surface area contributed by atoms with E-state index < -0.39 is 0 Å². The van der Waals surface area contributed by atoms with Gasteiger partial charge in [0.1, 0.15) is 6.29 Å². The van der Waals surface area contributed by atoms with Crippen LogP contribution in [-0.4, -0.2) is 6.29 Å². The predicted molar refractivity (Wildman–Crippen MR) is 60.9 cm³/mol. The second kappa shape index (κ2) is 5.81. The van der Waals surface area contributed by atoms with Crippen molar-refractivity contribution < 1.29 is 4.79 Å². The molecular formula is C11H16OS. The molecule has 0 radical (unpaired) electrons. The van der Waals surface area contributed by atoms with E-state index in [-0.39, 0.29) is 0 Å². The molecular weight excluding hydrogens is 180 g/mol. The largest absolute Gasteiger partial charge is 0.298 e. The van der Waals surface area contributed by atoms with Crippen molar-refractivity contribution in [2.75, 3.05) is 0 Å². The number of carbonyl (C=O) groups excluding carboxylic acids is 1. The fraction of sp³-hybridized carbons (Fsp3) is 0.364. The fourth-order valence-corrected chi connectivity index (χ4v) is 1.01. The first kappa shape index (κ1) is 12.2. The van der Waals surface area contributed by atoms with E-state index >= 15 is 0 Å². The van der Waals surface area contributed by atoms with Crippen LogP contribution in [0.5, 0.6) is 0 Å². The Kier molecular flexibility index (Phi) is 5.47. The fourth-order valence-electron chi connectivity index (χ4n) is 0.864. The van der Waals surface area contributed by atoms with E-state index in [0.717, 1.165) is 16.8 Å². The lowest BCUT2D eigenvalue weighted by Gasteiger charge is -2.06. The molecule has 2 heteroatoms. The highest BCUT2D eigenvalue weighted by molar-refractivity contribution is 7.84. The van der Waals surface area contributed by atoms with Gasteiger partial charge < -0.3 is 0 Å². The molecule has 0 aromatic carbocycles. The second-order valence-corrected chi connectivity index (χ2v) is 3.98. The minimum Gasteiger partial charge on any atom is -0.298 e. The summed E-state index contributed by atoms with van der Waals surface area (Å²) < 4.78 is 0. The van der Waals surface area contributed by atoms with E-state index in [0.29, 0.717) is 11.5 Å². The Morgan fingerprint density at radius 3 is 2.23 bits per heavy atom. The number of aldehydes is 1. The molecule has 0 N–H and O–H groups in total. The third-order valence-electron chi connectivity index (χ3n) is 1.55. The summed E-state index contributed by atoms with van der Waals surface area (Å²) in [5.41, 5.74) is 1.57. The molecule has 0 spiro atoms. The topological polar surface area (TPSA) is 17.1 Å². The molecule has 0 aliphatic rings. The van der Waals surface area contributed by atoms with Crippen LogP contribution in [0.4, 0.5) is 0 Å². The van der Waals surface area contributed by atoms with E-state index in [2.05, 4.69) is 33.1 Å². The number of allylic oxidation sites excluding steroid dienone is 5. The summed E-state index contributed by atoms with van der Waals surface area (Å²) in [6.45, 7) is 9.64. The average molecular weight is 196 g/mol. The quantitative estimate of drug-likeness (QED) is 0.316. The molecule has 0 amide bonds. The van der Waals surface area contributed by atoms with Crippen LogP contribution in [0.15, 0.2) is 34.8 Å². The molecule has 0 unspecified atom stereocenters. The van der Waals surface area contributed by atoms with E-state index in [1.165, 1.54) is 0 Å². The van der Waals surface area contributed by atoms with Crippen molar-refractivity contribution in [2.45, 2.75) is 20.8 Å². The van der Waals surface area contributed by atoms with Crippen molar-refractivity contribution in [1.29, 1.82) is 0 Å². The third kappa shape index (κ3) is 5.47. The van der Waals surface area contributed by atoms with Gasteiger partial charge in [0.2, 0.25) is 0 Å². The van der Waals surface area contributed by atoms with Gasteiger partial charge in [-0.1, -0.05) is 20.4 Å². The monoisotopic (exact) mass is 196 g/mol. The summed E-state index contributed by atoms with van der Waals surface area (Å²) in [6.07, 6.45) is 4.49. The molecule has 0 aliphatic heterocycles. The van der Waals surface area contributed by atoms with E-state index in [4.69, 9.17) is 0 Å². The zero-order chi connectivity index (χ0) is 10.4. The summed E-state index contributed by atoms with van der Waals surface area (Å²) in [5.74, 6) is 0.374. The van der Waals surface area contributed by atoms with Crippen LogP contribution in [0.1, 0.15) is 20.8 Å². The normalized spacial score (nSPS) is 13.3. The Hall–Kier alpha value is -0.760. The van der Waals surface area contributed by atoms with Gasteiger partial charge in [0.05, 0.1) is 0 Å². The maximum atomic E-state index is 10.4. The summed E-state index contributed by atoms with van der Waals surface area (Å²) in [6, 6.07) is 0. The Morgan fingerprint density at radius 2 is 1.92 bits per heavy atom.